The van der Waals surface area contributed by atoms with E-state index in [1.807, 2.05) is 72.8 Å². The number of nitrogen functional groups attached to an aromatic ring is 2. The summed E-state index contributed by atoms with van der Waals surface area (Å²) in [6.07, 6.45) is 7.02. The maximum Gasteiger partial charge on any atom is 0.264 e. The van der Waals surface area contributed by atoms with Crippen LogP contribution in [0.1, 0.15) is 22.5 Å². The van der Waals surface area contributed by atoms with Crippen LogP contribution >= 0.6 is 0 Å². The summed E-state index contributed by atoms with van der Waals surface area (Å²) in [5, 5.41) is 0. The number of rotatable bonds is 11. The molecule has 0 aliphatic rings. The van der Waals surface area contributed by atoms with Gasteiger partial charge in [-0.05, 0) is 83.9 Å². The second-order valence-corrected chi connectivity index (χ2v) is 14.2. The van der Waals surface area contributed by atoms with Crippen LogP contribution in [0.3, 0.4) is 0 Å². The van der Waals surface area contributed by atoms with Crippen molar-refractivity contribution in [1.82, 2.24) is 19.9 Å². The van der Waals surface area contributed by atoms with Crippen LogP contribution in [0.25, 0.3) is 35.7 Å². The molecule has 6 rings (SSSR count). The lowest BCUT2D eigenvalue weighted by atomic mass is 10.1. The van der Waals surface area contributed by atoms with Gasteiger partial charge in [0, 0.05) is 11.4 Å². The van der Waals surface area contributed by atoms with Gasteiger partial charge < -0.3 is 11.5 Å². The van der Waals surface area contributed by atoms with Crippen LogP contribution in [-0.2, 0) is 20.0 Å². The van der Waals surface area contributed by atoms with Gasteiger partial charge in [0.25, 0.3) is 20.0 Å². The monoisotopic (exact) mass is 702 g/mol. The Morgan fingerprint density at radius 1 is 0.460 bits per heavy atom. The number of sulfonamides is 2. The van der Waals surface area contributed by atoms with Crippen LogP contribution in [0.2, 0.25) is 0 Å². The van der Waals surface area contributed by atoms with Gasteiger partial charge in [-0.2, -0.15) is 0 Å². The SMILES string of the molecule is Nc1ccc(S(=O)(=O)Nc2nc(/C=C\c3ccccc3)cc(-c3cc(/C=C\c4ccccc4)nc(NS(=O)(=O)c4ccc(N)cc4)n3)n2)cc1. The molecule has 2 heterocycles. The highest BCUT2D eigenvalue weighted by atomic mass is 32.2. The summed E-state index contributed by atoms with van der Waals surface area (Å²) in [5.41, 5.74) is 15.1. The molecule has 6 aromatic rings. The minimum Gasteiger partial charge on any atom is -0.399 e. The molecule has 2 aromatic heterocycles. The normalized spacial score (nSPS) is 11.9. The Labute approximate surface area is 289 Å². The minimum absolute atomic E-state index is 0.0446. The Bertz CT molecular complexity index is 2230. The van der Waals surface area contributed by atoms with Crippen LogP contribution in [0.5, 0.6) is 0 Å². The maximum atomic E-state index is 13.3. The summed E-state index contributed by atoms with van der Waals surface area (Å²) in [7, 11) is -8.25. The van der Waals surface area contributed by atoms with Crippen LogP contribution < -0.4 is 20.9 Å². The molecule has 14 heteroatoms. The highest BCUT2D eigenvalue weighted by molar-refractivity contribution is 7.93. The second kappa shape index (κ2) is 14.4. The number of hydrogen-bond donors (Lipinski definition) is 4. The zero-order valence-electron chi connectivity index (χ0n) is 26.2. The molecule has 0 saturated carbocycles. The van der Waals surface area contributed by atoms with Crippen molar-refractivity contribution >= 4 is 67.6 Å². The summed E-state index contributed by atoms with van der Waals surface area (Å²) in [4.78, 5) is 17.8. The topological polar surface area (TPSA) is 196 Å². The molecule has 0 radical (unpaired) electrons. The van der Waals surface area contributed by atoms with E-state index < -0.39 is 20.0 Å². The van der Waals surface area contributed by atoms with Gasteiger partial charge in [-0.1, -0.05) is 72.8 Å². The van der Waals surface area contributed by atoms with E-state index in [-0.39, 0.29) is 33.1 Å². The molecule has 0 amide bonds. The lowest BCUT2D eigenvalue weighted by Crippen LogP contribution is -2.16. The van der Waals surface area contributed by atoms with Gasteiger partial charge in [-0.25, -0.2) is 46.2 Å². The molecular formula is C36H30N8O4S2. The van der Waals surface area contributed by atoms with Crippen LogP contribution in [0.4, 0.5) is 23.3 Å². The third-order valence-corrected chi connectivity index (χ3v) is 9.77. The molecule has 0 fully saturated rings. The van der Waals surface area contributed by atoms with Crippen LogP contribution in [0, 0.1) is 0 Å². The fraction of sp³-hybridized carbons (Fsp3) is 0. The zero-order valence-corrected chi connectivity index (χ0v) is 27.9. The molecule has 0 saturated heterocycles. The van der Waals surface area contributed by atoms with E-state index in [4.69, 9.17) is 11.5 Å². The fourth-order valence-electron chi connectivity index (χ4n) is 4.60. The van der Waals surface area contributed by atoms with Crippen molar-refractivity contribution in [2.75, 3.05) is 20.9 Å². The molecular weight excluding hydrogens is 673 g/mol. The summed E-state index contributed by atoms with van der Waals surface area (Å²) in [6, 6.07) is 33.5. The van der Waals surface area contributed by atoms with Crippen molar-refractivity contribution in [2.45, 2.75) is 9.79 Å². The van der Waals surface area contributed by atoms with E-state index in [0.717, 1.165) is 11.1 Å². The van der Waals surface area contributed by atoms with E-state index in [1.54, 1.807) is 24.3 Å². The number of benzene rings is 4. The number of nitrogens with two attached hydrogens (primary N) is 2. The van der Waals surface area contributed by atoms with Crippen molar-refractivity contribution in [3.05, 3.63) is 144 Å². The smallest absolute Gasteiger partial charge is 0.264 e. The molecule has 0 bridgehead atoms. The van der Waals surface area contributed by atoms with E-state index in [0.29, 0.717) is 22.8 Å². The lowest BCUT2D eigenvalue weighted by molar-refractivity contribution is 0.599. The van der Waals surface area contributed by atoms with Gasteiger partial charge in [-0.15, -0.1) is 0 Å². The van der Waals surface area contributed by atoms with Crippen molar-refractivity contribution in [1.29, 1.82) is 0 Å². The standard InChI is InChI=1S/C36H30N8O4S2/c37-27-13-19-31(20-14-27)49(45,46)43-35-39-29(17-11-25-7-3-1-4-8-25)23-33(41-35)34-24-30(18-12-26-9-5-2-6-10-26)40-36(42-34)44-50(47,48)32-21-15-28(38)16-22-32/h1-24H,37-38H2,(H,39,41,43)(H,40,42,44)/b17-11-,18-12-. The quantitative estimate of drug-likeness (QED) is 0.116. The molecule has 6 N–H and O–H groups in total. The number of nitrogens with one attached hydrogen (secondary N) is 2. The first-order chi connectivity index (χ1) is 24.0. The number of hydrogen-bond acceptors (Lipinski definition) is 10. The van der Waals surface area contributed by atoms with Crippen LogP contribution in [-0.4, -0.2) is 36.8 Å². The first-order valence-electron chi connectivity index (χ1n) is 15.0. The highest BCUT2D eigenvalue weighted by Crippen LogP contribution is 2.25. The van der Waals surface area contributed by atoms with Gasteiger partial charge >= 0.3 is 0 Å². The third kappa shape index (κ3) is 8.55. The van der Waals surface area contributed by atoms with E-state index in [1.165, 1.54) is 48.5 Å². The van der Waals surface area contributed by atoms with E-state index >= 15 is 0 Å². The second-order valence-electron chi connectivity index (χ2n) is 10.8. The molecule has 4 aromatic carbocycles. The van der Waals surface area contributed by atoms with Crippen molar-refractivity contribution < 1.29 is 16.8 Å². The Kier molecular flexibility index (Phi) is 9.65. The van der Waals surface area contributed by atoms with Crippen LogP contribution in [0.15, 0.2) is 131 Å². The molecule has 250 valence electrons. The Hall–Kier alpha value is -6.38. The van der Waals surface area contributed by atoms with E-state index in [9.17, 15) is 16.8 Å². The molecule has 50 heavy (non-hydrogen) atoms. The molecule has 0 aliphatic heterocycles. The van der Waals surface area contributed by atoms with Crippen molar-refractivity contribution in [3.63, 3.8) is 0 Å². The average Bonchev–Trinajstić information content (AvgIpc) is 3.10. The summed E-state index contributed by atoms with van der Waals surface area (Å²) < 4.78 is 58.2. The maximum absolute atomic E-state index is 13.3. The third-order valence-electron chi connectivity index (χ3n) is 7.08. The van der Waals surface area contributed by atoms with Gasteiger partial charge in [0.1, 0.15) is 0 Å². The van der Waals surface area contributed by atoms with Gasteiger partial charge in [0.15, 0.2) is 0 Å². The predicted molar refractivity (Wildman–Crippen MR) is 197 cm³/mol. The van der Waals surface area contributed by atoms with Crippen molar-refractivity contribution in [2.24, 2.45) is 0 Å². The zero-order chi connectivity index (χ0) is 35.1. The number of anilines is 4. The van der Waals surface area contributed by atoms with Gasteiger partial charge in [0.2, 0.25) is 11.9 Å². The molecule has 0 spiro atoms. The summed E-state index contributed by atoms with van der Waals surface area (Å²) >= 11 is 0. The first kappa shape index (κ1) is 33.5. The minimum atomic E-state index is -4.13. The Balaban J connectivity index is 1.45. The fourth-order valence-corrected chi connectivity index (χ4v) is 6.49. The Morgan fingerprint density at radius 3 is 1.18 bits per heavy atom. The molecule has 0 unspecified atom stereocenters. The molecule has 12 nitrogen and oxygen atoms in total. The highest BCUT2D eigenvalue weighted by Gasteiger charge is 2.20. The molecule has 0 aliphatic carbocycles. The number of aromatic nitrogens is 4. The van der Waals surface area contributed by atoms with Gasteiger partial charge in [0.05, 0.1) is 32.6 Å². The predicted octanol–water partition coefficient (Wildman–Crippen LogP) is 6.04. The average molecular weight is 703 g/mol. The van der Waals surface area contributed by atoms with Gasteiger partial charge in [-0.3, -0.25) is 0 Å². The number of nitrogens with zero attached hydrogens (tertiary/aromatic N) is 4. The lowest BCUT2D eigenvalue weighted by Gasteiger charge is -2.12. The van der Waals surface area contributed by atoms with Crippen molar-refractivity contribution in [3.8, 4) is 11.4 Å². The Morgan fingerprint density at radius 2 is 0.820 bits per heavy atom. The summed E-state index contributed by atoms with van der Waals surface area (Å²) in [5.74, 6) is -0.480. The first-order valence-corrected chi connectivity index (χ1v) is 18.0. The molecule has 0 atom stereocenters. The van der Waals surface area contributed by atoms with E-state index in [2.05, 4.69) is 29.4 Å². The summed E-state index contributed by atoms with van der Waals surface area (Å²) in [6.45, 7) is 0. The largest absolute Gasteiger partial charge is 0.399 e.